The van der Waals surface area contributed by atoms with Crippen molar-refractivity contribution in [2.45, 2.75) is 67.5 Å². The molecule has 0 aliphatic rings. The highest BCUT2D eigenvalue weighted by atomic mass is 14.8. The molecular weight excluding hydrogens is 196 g/mol. The molecule has 0 aromatic heterocycles. The summed E-state index contributed by atoms with van der Waals surface area (Å²) in [6.45, 7) is 17.5. The van der Waals surface area contributed by atoms with Crippen molar-refractivity contribution < 1.29 is 0 Å². The van der Waals surface area contributed by atoms with Gasteiger partial charge in [0.25, 0.3) is 0 Å². The molecule has 2 heteroatoms. The molecule has 0 amide bonds. The van der Waals surface area contributed by atoms with Gasteiger partial charge in [-0.05, 0) is 24.7 Å². The van der Waals surface area contributed by atoms with E-state index in [2.05, 4.69) is 65.4 Å². The zero-order chi connectivity index (χ0) is 13.0. The largest absolute Gasteiger partial charge is 0.288 e. The second-order valence-corrected chi connectivity index (χ2v) is 6.68. The summed E-state index contributed by atoms with van der Waals surface area (Å²) in [6, 6.07) is 0.646. The Kier molecular flexibility index (Phi) is 5.37. The van der Waals surface area contributed by atoms with Crippen LogP contribution in [0.3, 0.4) is 0 Å². The first-order valence-electron chi connectivity index (χ1n) is 6.10. The van der Waals surface area contributed by atoms with E-state index in [0.717, 1.165) is 0 Å². The molecule has 0 aliphatic heterocycles. The lowest BCUT2D eigenvalue weighted by Crippen LogP contribution is -2.22. The quantitative estimate of drug-likeness (QED) is 0.647. The molecule has 0 radical (unpaired) electrons. The molecule has 0 saturated heterocycles. The zero-order valence-electron chi connectivity index (χ0n) is 12.2. The van der Waals surface area contributed by atoms with E-state index in [4.69, 9.17) is 0 Å². The third-order valence-electron chi connectivity index (χ3n) is 3.19. The van der Waals surface area contributed by atoms with Gasteiger partial charge in [-0.3, -0.25) is 9.98 Å². The van der Waals surface area contributed by atoms with E-state index < -0.39 is 0 Å². The van der Waals surface area contributed by atoms with Crippen molar-refractivity contribution in [1.82, 2.24) is 0 Å². The monoisotopic (exact) mass is 224 g/mol. The van der Waals surface area contributed by atoms with Gasteiger partial charge in [0.2, 0.25) is 0 Å². The summed E-state index contributed by atoms with van der Waals surface area (Å²) in [5.41, 5.74) is 0.444. The number of hydrogen-bond donors (Lipinski definition) is 0. The fourth-order valence-electron chi connectivity index (χ4n) is 0.782. The fraction of sp³-hybridized carbons (Fsp3) is 0.857. The lowest BCUT2D eigenvalue weighted by molar-refractivity contribution is 0.341. The minimum absolute atomic E-state index is 0.222. The molecule has 94 valence electrons. The highest BCUT2D eigenvalue weighted by molar-refractivity contribution is 6.16. The van der Waals surface area contributed by atoms with Crippen LogP contribution >= 0.6 is 0 Å². The Bertz CT molecular complexity index is 223. The van der Waals surface area contributed by atoms with Gasteiger partial charge in [-0.15, -0.1) is 0 Å². The average molecular weight is 224 g/mol. The summed E-state index contributed by atoms with van der Waals surface area (Å²) >= 11 is 0. The summed E-state index contributed by atoms with van der Waals surface area (Å²) in [6.07, 6.45) is 3.66. The molecule has 0 bridgehead atoms. The van der Waals surface area contributed by atoms with Crippen LogP contribution in [0.2, 0.25) is 0 Å². The van der Waals surface area contributed by atoms with Crippen molar-refractivity contribution in [2.75, 3.05) is 0 Å². The molecule has 0 fully saturated rings. The van der Waals surface area contributed by atoms with Crippen LogP contribution in [0.4, 0.5) is 0 Å². The normalized spacial score (nSPS) is 18.2. The summed E-state index contributed by atoms with van der Waals surface area (Å²) < 4.78 is 0. The van der Waals surface area contributed by atoms with E-state index >= 15 is 0 Å². The molecule has 0 N–H and O–H groups in total. The second-order valence-electron chi connectivity index (χ2n) is 6.68. The van der Waals surface area contributed by atoms with Crippen LogP contribution in [0.15, 0.2) is 9.98 Å². The topological polar surface area (TPSA) is 24.7 Å². The maximum atomic E-state index is 4.48. The average Bonchev–Trinajstić information content (AvgIpc) is 2.08. The maximum absolute atomic E-state index is 4.48. The molecule has 0 spiro atoms. The van der Waals surface area contributed by atoms with E-state index in [9.17, 15) is 0 Å². The number of hydrogen-bond acceptors (Lipinski definition) is 2. The van der Waals surface area contributed by atoms with Crippen LogP contribution in [0.1, 0.15) is 55.4 Å². The Balaban J connectivity index is 4.26. The standard InChI is InChI=1S/C14H28N2/c1-11(13(3,4)5)15-9-10-16-12(2)14(6,7)8/h9-12H,1-8H3/t11-,12-/m0/s1. The van der Waals surface area contributed by atoms with Gasteiger partial charge in [-0.25, -0.2) is 0 Å². The van der Waals surface area contributed by atoms with Crippen LogP contribution in [0, 0.1) is 10.8 Å². The van der Waals surface area contributed by atoms with Gasteiger partial charge in [0, 0.05) is 12.4 Å². The predicted octanol–water partition coefficient (Wildman–Crippen LogP) is 4.00. The third kappa shape index (κ3) is 6.04. The first-order valence-corrected chi connectivity index (χ1v) is 6.10. The van der Waals surface area contributed by atoms with Gasteiger partial charge in [0.1, 0.15) is 0 Å². The van der Waals surface area contributed by atoms with Crippen LogP contribution in [-0.2, 0) is 0 Å². The highest BCUT2D eigenvalue weighted by Crippen LogP contribution is 2.22. The second kappa shape index (κ2) is 5.60. The number of aliphatic imine (C=N–C) groups is 2. The van der Waals surface area contributed by atoms with E-state index in [1.165, 1.54) is 0 Å². The SMILES string of the molecule is C[C@H](N=CC=N[C@@H](C)C(C)(C)C)C(C)(C)C. The van der Waals surface area contributed by atoms with Crippen molar-refractivity contribution in [3.63, 3.8) is 0 Å². The van der Waals surface area contributed by atoms with E-state index in [0.29, 0.717) is 12.1 Å². The molecule has 0 aromatic rings. The molecule has 0 heterocycles. The molecule has 0 saturated carbocycles. The minimum atomic E-state index is 0.222. The fourth-order valence-corrected chi connectivity index (χ4v) is 0.782. The summed E-state index contributed by atoms with van der Waals surface area (Å²) in [5, 5.41) is 0. The van der Waals surface area contributed by atoms with Gasteiger partial charge in [-0.2, -0.15) is 0 Å². The lowest BCUT2D eigenvalue weighted by atomic mass is 9.88. The minimum Gasteiger partial charge on any atom is -0.288 e. The summed E-state index contributed by atoms with van der Waals surface area (Å²) in [4.78, 5) is 8.95. The van der Waals surface area contributed by atoms with Crippen LogP contribution in [0.5, 0.6) is 0 Å². The van der Waals surface area contributed by atoms with Crippen molar-refractivity contribution >= 4 is 12.4 Å². The molecule has 2 atom stereocenters. The Morgan fingerprint density at radius 1 is 0.688 bits per heavy atom. The molecule has 0 aliphatic carbocycles. The van der Waals surface area contributed by atoms with E-state index in [1.54, 1.807) is 0 Å². The van der Waals surface area contributed by atoms with Crippen LogP contribution < -0.4 is 0 Å². The Hall–Kier alpha value is -0.660. The van der Waals surface area contributed by atoms with Gasteiger partial charge in [0.15, 0.2) is 0 Å². The van der Waals surface area contributed by atoms with Gasteiger partial charge < -0.3 is 0 Å². The van der Waals surface area contributed by atoms with Crippen molar-refractivity contribution in [3.8, 4) is 0 Å². The van der Waals surface area contributed by atoms with Crippen LogP contribution in [-0.4, -0.2) is 24.5 Å². The predicted molar refractivity (Wildman–Crippen MR) is 74.8 cm³/mol. The molecule has 16 heavy (non-hydrogen) atoms. The van der Waals surface area contributed by atoms with Crippen molar-refractivity contribution in [2.24, 2.45) is 20.8 Å². The highest BCUT2D eigenvalue weighted by Gasteiger charge is 2.19. The lowest BCUT2D eigenvalue weighted by Gasteiger charge is -2.23. The van der Waals surface area contributed by atoms with Crippen molar-refractivity contribution in [3.05, 3.63) is 0 Å². The van der Waals surface area contributed by atoms with Gasteiger partial charge in [-0.1, -0.05) is 41.5 Å². The first kappa shape index (κ1) is 15.3. The van der Waals surface area contributed by atoms with E-state index in [1.807, 2.05) is 12.4 Å². The number of nitrogens with zero attached hydrogens (tertiary/aromatic N) is 2. The van der Waals surface area contributed by atoms with Crippen LogP contribution in [0.25, 0.3) is 0 Å². The summed E-state index contributed by atoms with van der Waals surface area (Å²) in [7, 11) is 0. The third-order valence-corrected chi connectivity index (χ3v) is 3.19. The Morgan fingerprint density at radius 3 is 1.12 bits per heavy atom. The smallest absolute Gasteiger partial charge is 0.0520 e. The number of rotatable bonds is 3. The summed E-state index contributed by atoms with van der Waals surface area (Å²) in [5.74, 6) is 0. The Morgan fingerprint density at radius 2 is 0.938 bits per heavy atom. The molecule has 2 nitrogen and oxygen atoms in total. The van der Waals surface area contributed by atoms with Crippen molar-refractivity contribution in [1.29, 1.82) is 0 Å². The van der Waals surface area contributed by atoms with E-state index in [-0.39, 0.29) is 10.8 Å². The van der Waals surface area contributed by atoms with Gasteiger partial charge >= 0.3 is 0 Å². The molecular formula is C14H28N2. The maximum Gasteiger partial charge on any atom is 0.0520 e. The first-order chi connectivity index (χ1) is 7.05. The zero-order valence-corrected chi connectivity index (χ0v) is 12.2. The Labute approximate surface area is 101 Å². The molecule has 0 aromatic carbocycles. The molecule has 0 unspecified atom stereocenters. The molecule has 0 rings (SSSR count). The van der Waals surface area contributed by atoms with Gasteiger partial charge in [0.05, 0.1) is 12.1 Å².